The van der Waals surface area contributed by atoms with E-state index in [1.807, 2.05) is 6.92 Å². The van der Waals surface area contributed by atoms with E-state index in [-0.39, 0.29) is 35.1 Å². The molecule has 2 heterocycles. The molecule has 1 aromatic heterocycles. The Morgan fingerprint density at radius 2 is 1.91 bits per heavy atom. The van der Waals surface area contributed by atoms with Crippen molar-refractivity contribution in [1.29, 1.82) is 0 Å². The minimum Gasteiger partial charge on any atom is -0.369 e. The van der Waals surface area contributed by atoms with Crippen LogP contribution in [0.4, 0.5) is 19.0 Å². The highest BCUT2D eigenvalue weighted by Crippen LogP contribution is 2.36. The number of carbonyl (C=O) groups excluding carboxylic acids is 1. The van der Waals surface area contributed by atoms with Crippen molar-refractivity contribution in [3.05, 3.63) is 52.2 Å². The Hall–Kier alpha value is -2.76. The molecule has 1 aliphatic carbocycles. The van der Waals surface area contributed by atoms with Gasteiger partial charge in [0, 0.05) is 11.1 Å². The van der Waals surface area contributed by atoms with E-state index < -0.39 is 30.3 Å². The van der Waals surface area contributed by atoms with Crippen molar-refractivity contribution in [3.63, 3.8) is 0 Å². The molecule has 2 fully saturated rings. The number of hydrogen-bond acceptors (Lipinski definition) is 7. The minimum absolute atomic E-state index is 0.0594. The first-order chi connectivity index (χ1) is 15.7. The molecule has 11 heteroatoms. The standard InChI is InChI=1S/C22H25F3N4O4/c1-11-26-14(10-15(30)29-22(2)6-7-22)16(21-32-8-9-33-21)19(27-11)28-20(31)13-5-3-4-12(17(13)23)18(24)25/h3-5,18,20-21,31H,6-10H2,1-2H3,(H,29,30)(H,26,27,28). The van der Waals surface area contributed by atoms with Gasteiger partial charge in [-0.3, -0.25) is 4.79 Å². The number of rotatable bonds is 8. The van der Waals surface area contributed by atoms with Crippen molar-refractivity contribution in [3.8, 4) is 0 Å². The molecule has 1 atom stereocenters. The van der Waals surface area contributed by atoms with Crippen LogP contribution < -0.4 is 10.6 Å². The van der Waals surface area contributed by atoms with Gasteiger partial charge in [0.2, 0.25) is 5.91 Å². The number of aliphatic hydroxyl groups excluding tert-OH is 1. The first-order valence-corrected chi connectivity index (χ1v) is 10.6. The Morgan fingerprint density at radius 1 is 1.24 bits per heavy atom. The fraction of sp³-hybridized carbons (Fsp3) is 0.500. The summed E-state index contributed by atoms with van der Waals surface area (Å²) < 4.78 is 51.9. The number of aromatic nitrogens is 2. The number of nitrogens with one attached hydrogen (secondary N) is 2. The van der Waals surface area contributed by atoms with Gasteiger partial charge in [-0.1, -0.05) is 18.2 Å². The number of aryl methyl sites for hydroxylation is 1. The highest BCUT2D eigenvalue weighted by molar-refractivity contribution is 5.80. The van der Waals surface area contributed by atoms with Gasteiger partial charge in [0.1, 0.15) is 17.5 Å². The van der Waals surface area contributed by atoms with Crippen molar-refractivity contribution in [1.82, 2.24) is 15.3 Å². The maximum atomic E-state index is 14.6. The van der Waals surface area contributed by atoms with Crippen LogP contribution in [-0.4, -0.2) is 39.7 Å². The zero-order valence-corrected chi connectivity index (χ0v) is 18.2. The second kappa shape index (κ2) is 9.24. The molecule has 2 aliphatic rings. The highest BCUT2D eigenvalue weighted by atomic mass is 19.3. The summed E-state index contributed by atoms with van der Waals surface area (Å²) in [4.78, 5) is 21.3. The summed E-state index contributed by atoms with van der Waals surface area (Å²) in [5.74, 6) is -1.11. The molecule has 0 bridgehead atoms. The molecule has 1 saturated carbocycles. The first-order valence-electron chi connectivity index (χ1n) is 10.6. The molecular formula is C22H25F3N4O4. The summed E-state index contributed by atoms with van der Waals surface area (Å²) in [5.41, 5.74) is -0.791. The Bertz CT molecular complexity index is 1040. The maximum Gasteiger partial charge on any atom is 0.266 e. The summed E-state index contributed by atoms with van der Waals surface area (Å²) in [7, 11) is 0. The topological polar surface area (TPSA) is 106 Å². The third-order valence-corrected chi connectivity index (χ3v) is 5.62. The van der Waals surface area contributed by atoms with Crippen LogP contribution in [0, 0.1) is 12.7 Å². The molecule has 1 saturated heterocycles. The average molecular weight is 466 g/mol. The number of anilines is 1. The van der Waals surface area contributed by atoms with Gasteiger partial charge in [0.15, 0.2) is 12.5 Å². The summed E-state index contributed by atoms with van der Waals surface area (Å²) >= 11 is 0. The molecule has 0 radical (unpaired) electrons. The van der Waals surface area contributed by atoms with E-state index in [0.717, 1.165) is 18.9 Å². The Labute approximate surface area is 188 Å². The molecule has 2 aromatic rings. The molecule has 178 valence electrons. The third kappa shape index (κ3) is 5.26. The van der Waals surface area contributed by atoms with Gasteiger partial charge in [-0.2, -0.15) is 0 Å². The maximum absolute atomic E-state index is 14.6. The number of carbonyl (C=O) groups is 1. The van der Waals surface area contributed by atoms with Gasteiger partial charge in [-0.25, -0.2) is 23.1 Å². The fourth-order valence-corrected chi connectivity index (χ4v) is 3.66. The number of benzene rings is 1. The highest BCUT2D eigenvalue weighted by Gasteiger charge is 2.39. The SMILES string of the molecule is Cc1nc(CC(=O)NC2(C)CC2)c(C2OCCO2)c(NC(O)c2cccc(C(F)F)c2F)n1. The van der Waals surface area contributed by atoms with Gasteiger partial charge in [-0.15, -0.1) is 0 Å². The van der Waals surface area contributed by atoms with Crippen molar-refractivity contribution in [2.24, 2.45) is 0 Å². The number of alkyl halides is 2. The molecule has 3 N–H and O–H groups in total. The average Bonchev–Trinajstić information content (AvgIpc) is 3.21. The van der Waals surface area contributed by atoms with Crippen LogP contribution in [0.25, 0.3) is 0 Å². The number of aliphatic hydroxyl groups is 1. The quantitative estimate of drug-likeness (QED) is 0.513. The van der Waals surface area contributed by atoms with Crippen LogP contribution in [0.1, 0.15) is 66.9 Å². The fourth-order valence-electron chi connectivity index (χ4n) is 3.66. The second-order valence-corrected chi connectivity index (χ2v) is 8.44. The molecule has 1 aromatic carbocycles. The molecule has 8 nitrogen and oxygen atoms in total. The van der Waals surface area contributed by atoms with Gasteiger partial charge in [0.25, 0.3) is 6.43 Å². The van der Waals surface area contributed by atoms with E-state index in [1.165, 1.54) is 12.1 Å². The van der Waals surface area contributed by atoms with E-state index in [2.05, 4.69) is 20.6 Å². The molecule has 1 aliphatic heterocycles. The van der Waals surface area contributed by atoms with E-state index >= 15 is 0 Å². The van der Waals surface area contributed by atoms with Crippen LogP contribution in [0.2, 0.25) is 0 Å². The largest absolute Gasteiger partial charge is 0.369 e. The summed E-state index contributed by atoms with van der Waals surface area (Å²) in [6, 6.07) is 3.38. The van der Waals surface area contributed by atoms with Crippen molar-refractivity contribution < 1.29 is 32.5 Å². The van der Waals surface area contributed by atoms with Crippen molar-refractivity contribution in [2.75, 3.05) is 18.5 Å². The minimum atomic E-state index is -3.03. The number of halogens is 3. The normalized spacial score (nSPS) is 18.4. The molecule has 33 heavy (non-hydrogen) atoms. The lowest BCUT2D eigenvalue weighted by molar-refractivity contribution is -0.121. The number of nitrogens with zero attached hydrogens (tertiary/aromatic N) is 2. The van der Waals surface area contributed by atoms with Crippen molar-refractivity contribution in [2.45, 2.75) is 57.6 Å². The Morgan fingerprint density at radius 3 is 2.55 bits per heavy atom. The Kier molecular flexibility index (Phi) is 6.55. The molecular weight excluding hydrogens is 441 g/mol. The first kappa shape index (κ1) is 23.4. The van der Waals surface area contributed by atoms with Crippen LogP contribution in [0.15, 0.2) is 18.2 Å². The smallest absolute Gasteiger partial charge is 0.266 e. The molecule has 4 rings (SSSR count). The lowest BCUT2D eigenvalue weighted by Gasteiger charge is -2.22. The lowest BCUT2D eigenvalue weighted by Crippen LogP contribution is -2.36. The summed E-state index contributed by atoms with van der Waals surface area (Å²) in [6.07, 6.45) is -3.94. The van der Waals surface area contributed by atoms with Crippen LogP contribution in [0.3, 0.4) is 0 Å². The number of hydrogen-bond donors (Lipinski definition) is 3. The van der Waals surface area contributed by atoms with E-state index in [0.29, 0.717) is 24.5 Å². The van der Waals surface area contributed by atoms with Gasteiger partial charge < -0.3 is 25.2 Å². The number of ether oxygens (including phenoxy) is 2. The van der Waals surface area contributed by atoms with Gasteiger partial charge in [-0.05, 0) is 26.7 Å². The van der Waals surface area contributed by atoms with Gasteiger partial charge >= 0.3 is 0 Å². The second-order valence-electron chi connectivity index (χ2n) is 8.44. The van der Waals surface area contributed by atoms with E-state index in [4.69, 9.17) is 9.47 Å². The molecule has 1 unspecified atom stereocenters. The zero-order chi connectivity index (χ0) is 23.8. The number of amides is 1. The summed E-state index contributed by atoms with van der Waals surface area (Å²) in [6.45, 7) is 4.15. The predicted octanol–water partition coefficient (Wildman–Crippen LogP) is 3.22. The lowest BCUT2D eigenvalue weighted by atomic mass is 10.1. The van der Waals surface area contributed by atoms with Gasteiger partial charge in [0.05, 0.1) is 36.5 Å². The Balaban J connectivity index is 1.66. The van der Waals surface area contributed by atoms with E-state index in [9.17, 15) is 23.1 Å². The predicted molar refractivity (Wildman–Crippen MR) is 111 cm³/mol. The zero-order valence-electron chi connectivity index (χ0n) is 18.2. The third-order valence-electron chi connectivity index (χ3n) is 5.62. The van der Waals surface area contributed by atoms with Crippen LogP contribution >= 0.6 is 0 Å². The van der Waals surface area contributed by atoms with Crippen LogP contribution in [-0.2, 0) is 20.7 Å². The summed E-state index contributed by atoms with van der Waals surface area (Å²) in [5, 5.41) is 16.2. The molecule has 1 amide bonds. The van der Waals surface area contributed by atoms with E-state index in [1.54, 1.807) is 6.92 Å². The molecule has 0 spiro atoms. The monoisotopic (exact) mass is 466 g/mol. The van der Waals surface area contributed by atoms with Crippen LogP contribution in [0.5, 0.6) is 0 Å². The van der Waals surface area contributed by atoms with Crippen molar-refractivity contribution >= 4 is 11.7 Å².